The van der Waals surface area contributed by atoms with Crippen LogP contribution in [0.4, 0.5) is 0 Å². The number of likely N-dealkylation sites (tertiary alicyclic amines) is 1. The lowest BCUT2D eigenvalue weighted by molar-refractivity contribution is 0.338. The molecule has 0 amide bonds. The third-order valence-corrected chi connectivity index (χ3v) is 4.71. The van der Waals surface area contributed by atoms with Gasteiger partial charge in [0.05, 0.1) is 6.54 Å². The predicted molar refractivity (Wildman–Crippen MR) is 101 cm³/mol. The molecule has 1 aliphatic carbocycles. The summed E-state index contributed by atoms with van der Waals surface area (Å²) in [5, 5.41) is 10.2. The highest BCUT2D eigenvalue weighted by Gasteiger charge is 2.17. The van der Waals surface area contributed by atoms with E-state index in [0.717, 1.165) is 31.5 Å². The zero-order valence-corrected chi connectivity index (χ0v) is 15.4. The van der Waals surface area contributed by atoms with E-state index in [2.05, 4.69) is 16.0 Å². The quantitative estimate of drug-likeness (QED) is 0.443. The van der Waals surface area contributed by atoms with Crippen molar-refractivity contribution in [3.05, 3.63) is 28.8 Å². The molecule has 1 heterocycles. The van der Waals surface area contributed by atoms with Crippen molar-refractivity contribution in [3.63, 3.8) is 0 Å². The van der Waals surface area contributed by atoms with Crippen molar-refractivity contribution in [2.24, 2.45) is 10.7 Å². The third-order valence-electron chi connectivity index (χ3n) is 4.71. The number of hydrogen-bond acceptors (Lipinski definition) is 2. The van der Waals surface area contributed by atoms with Gasteiger partial charge in [-0.2, -0.15) is 0 Å². The van der Waals surface area contributed by atoms with E-state index < -0.39 is 0 Å². The Kier molecular flexibility index (Phi) is 6.35. The highest BCUT2D eigenvalue weighted by molar-refractivity contribution is 14.0. The van der Waals surface area contributed by atoms with E-state index in [-0.39, 0.29) is 24.0 Å². The van der Waals surface area contributed by atoms with Crippen molar-refractivity contribution in [2.45, 2.75) is 51.5 Å². The number of fused-ring (bicyclic) bond motifs is 1. The summed E-state index contributed by atoms with van der Waals surface area (Å²) in [6.45, 7) is 2.51. The van der Waals surface area contributed by atoms with Crippen molar-refractivity contribution < 1.29 is 5.11 Å². The van der Waals surface area contributed by atoms with Crippen LogP contribution in [0.5, 0.6) is 5.75 Å². The maximum absolute atomic E-state index is 10.2. The number of nitrogens with zero attached hydrogens (tertiary/aromatic N) is 2. The topological polar surface area (TPSA) is 61.9 Å². The highest BCUT2D eigenvalue weighted by atomic mass is 127. The average Bonchev–Trinajstić information content (AvgIpc) is 2.54. The maximum atomic E-state index is 10.2. The number of nitrogens with two attached hydrogens (primary N) is 1. The molecule has 0 aromatic heterocycles. The molecular weight excluding hydrogens is 389 g/mol. The van der Waals surface area contributed by atoms with E-state index in [1.54, 1.807) is 0 Å². The number of aliphatic imine (C=N–C) groups is 1. The normalized spacial score (nSPS) is 18.5. The van der Waals surface area contributed by atoms with Crippen molar-refractivity contribution in [1.82, 2.24) is 4.90 Å². The van der Waals surface area contributed by atoms with Gasteiger partial charge in [0, 0.05) is 18.7 Å². The molecule has 1 aromatic carbocycles. The number of halogens is 1. The van der Waals surface area contributed by atoms with E-state index in [4.69, 9.17) is 5.73 Å². The molecule has 0 saturated carbocycles. The molecule has 1 aliphatic heterocycles. The molecule has 3 rings (SSSR count). The summed E-state index contributed by atoms with van der Waals surface area (Å²) in [4.78, 5) is 6.71. The van der Waals surface area contributed by atoms with Crippen molar-refractivity contribution in [2.75, 3.05) is 13.1 Å². The Morgan fingerprint density at radius 3 is 2.59 bits per heavy atom. The molecule has 1 aromatic rings. The van der Waals surface area contributed by atoms with Gasteiger partial charge in [-0.1, -0.05) is 6.07 Å². The molecule has 0 atom stereocenters. The zero-order chi connectivity index (χ0) is 14.7. The second-order valence-electron chi connectivity index (χ2n) is 6.13. The first kappa shape index (κ1) is 17.4. The van der Waals surface area contributed by atoms with E-state index in [9.17, 15) is 5.11 Å². The van der Waals surface area contributed by atoms with Crippen LogP contribution in [0.2, 0.25) is 0 Å². The highest BCUT2D eigenvalue weighted by Crippen LogP contribution is 2.31. The van der Waals surface area contributed by atoms with Gasteiger partial charge in [0.25, 0.3) is 0 Å². The van der Waals surface area contributed by atoms with Gasteiger partial charge in [0.1, 0.15) is 5.75 Å². The second kappa shape index (κ2) is 8.04. The summed E-state index contributed by atoms with van der Waals surface area (Å²) in [6, 6.07) is 3.87. The number of aromatic hydroxyl groups is 1. The largest absolute Gasteiger partial charge is 0.508 e. The number of guanidine groups is 1. The predicted octanol–water partition coefficient (Wildman–Crippen LogP) is 3.19. The van der Waals surface area contributed by atoms with Crippen LogP contribution in [-0.2, 0) is 19.4 Å². The fourth-order valence-corrected chi connectivity index (χ4v) is 3.45. The van der Waals surface area contributed by atoms with Gasteiger partial charge in [0.2, 0.25) is 0 Å². The minimum Gasteiger partial charge on any atom is -0.508 e. The Balaban J connectivity index is 0.00000176. The Hall–Kier alpha value is -0.980. The standard InChI is InChI=1S/C17H25N3O.HI/c18-17(20-10-4-1-5-11-20)19-12-15-14-7-3-2-6-13(14)8-9-16(15)21;/h8-9,21H,1-7,10-12H2,(H2,18,19);1H. The van der Waals surface area contributed by atoms with Gasteiger partial charge < -0.3 is 15.7 Å². The summed E-state index contributed by atoms with van der Waals surface area (Å²) in [5.41, 5.74) is 9.77. The Bertz CT molecular complexity index is 539. The van der Waals surface area contributed by atoms with E-state index in [1.165, 1.54) is 43.2 Å². The van der Waals surface area contributed by atoms with Gasteiger partial charge in [0.15, 0.2) is 5.96 Å². The summed E-state index contributed by atoms with van der Waals surface area (Å²) >= 11 is 0. The van der Waals surface area contributed by atoms with Crippen molar-refractivity contribution in [1.29, 1.82) is 0 Å². The zero-order valence-electron chi connectivity index (χ0n) is 13.1. The van der Waals surface area contributed by atoms with E-state index in [0.29, 0.717) is 18.3 Å². The molecule has 5 heteroatoms. The number of phenols is 1. The number of aryl methyl sites for hydroxylation is 1. The van der Waals surface area contributed by atoms with E-state index >= 15 is 0 Å². The average molecular weight is 415 g/mol. The lowest BCUT2D eigenvalue weighted by Crippen LogP contribution is -2.40. The molecule has 3 N–H and O–H groups in total. The van der Waals surface area contributed by atoms with Crippen LogP contribution in [0, 0.1) is 0 Å². The Labute approximate surface area is 149 Å². The molecule has 0 bridgehead atoms. The molecule has 4 nitrogen and oxygen atoms in total. The number of benzene rings is 1. The molecule has 0 spiro atoms. The van der Waals surface area contributed by atoms with Crippen LogP contribution in [0.15, 0.2) is 17.1 Å². The lowest BCUT2D eigenvalue weighted by atomic mass is 9.88. The van der Waals surface area contributed by atoms with Gasteiger partial charge in [-0.15, -0.1) is 24.0 Å². The number of piperidine rings is 1. The van der Waals surface area contributed by atoms with Gasteiger partial charge >= 0.3 is 0 Å². The molecular formula is C17H26IN3O. The van der Waals surface area contributed by atoms with Crippen LogP contribution in [0.1, 0.15) is 48.8 Å². The first-order valence-corrected chi connectivity index (χ1v) is 8.13. The minimum absolute atomic E-state index is 0. The molecule has 22 heavy (non-hydrogen) atoms. The Morgan fingerprint density at radius 2 is 1.82 bits per heavy atom. The number of phenolic OH excluding ortho intramolecular Hbond substituents is 1. The fraction of sp³-hybridized carbons (Fsp3) is 0.588. The van der Waals surface area contributed by atoms with Gasteiger partial charge in [-0.25, -0.2) is 4.99 Å². The maximum Gasteiger partial charge on any atom is 0.191 e. The summed E-state index contributed by atoms with van der Waals surface area (Å²) in [7, 11) is 0. The molecule has 2 aliphatic rings. The van der Waals surface area contributed by atoms with Crippen LogP contribution < -0.4 is 5.73 Å². The summed E-state index contributed by atoms with van der Waals surface area (Å²) in [5.74, 6) is 0.994. The lowest BCUT2D eigenvalue weighted by Gasteiger charge is -2.27. The number of hydrogen-bond donors (Lipinski definition) is 2. The van der Waals surface area contributed by atoms with Crippen LogP contribution >= 0.6 is 24.0 Å². The molecule has 122 valence electrons. The number of rotatable bonds is 2. The minimum atomic E-state index is 0. The molecule has 0 radical (unpaired) electrons. The molecule has 1 saturated heterocycles. The van der Waals surface area contributed by atoms with Crippen LogP contribution in [0.25, 0.3) is 0 Å². The first-order valence-electron chi connectivity index (χ1n) is 8.13. The van der Waals surface area contributed by atoms with E-state index in [1.807, 2.05) is 6.07 Å². The van der Waals surface area contributed by atoms with Gasteiger partial charge in [-0.3, -0.25) is 0 Å². The van der Waals surface area contributed by atoms with Crippen molar-refractivity contribution in [3.8, 4) is 5.75 Å². The fourth-order valence-electron chi connectivity index (χ4n) is 3.45. The third kappa shape index (κ3) is 3.86. The first-order chi connectivity index (χ1) is 10.3. The summed E-state index contributed by atoms with van der Waals surface area (Å²) in [6.07, 6.45) is 8.30. The Morgan fingerprint density at radius 1 is 1.09 bits per heavy atom. The smallest absolute Gasteiger partial charge is 0.191 e. The van der Waals surface area contributed by atoms with Crippen LogP contribution in [0.3, 0.4) is 0 Å². The van der Waals surface area contributed by atoms with Gasteiger partial charge in [-0.05, 0) is 62.1 Å². The summed E-state index contributed by atoms with van der Waals surface area (Å²) < 4.78 is 0. The van der Waals surface area contributed by atoms with Crippen LogP contribution in [-0.4, -0.2) is 29.1 Å². The SMILES string of the molecule is I.NC(=NCc1c(O)ccc2c1CCCC2)N1CCCCC1. The monoisotopic (exact) mass is 415 g/mol. The molecule has 0 unspecified atom stereocenters. The second-order valence-corrected chi connectivity index (χ2v) is 6.13. The molecule has 1 fully saturated rings. The van der Waals surface area contributed by atoms with Crippen molar-refractivity contribution >= 4 is 29.9 Å².